The molecule has 0 fully saturated rings. The Hall–Kier alpha value is -1.57. The molecule has 0 bridgehead atoms. The fraction of sp³-hybridized carbons (Fsp3) is 0.250. The van der Waals surface area contributed by atoms with Crippen molar-refractivity contribution in [1.29, 1.82) is 0 Å². The molecule has 0 radical (unpaired) electrons. The number of allylic oxidation sites excluding steroid dienone is 1. The van der Waals surface area contributed by atoms with Crippen LogP contribution in [0.4, 0.5) is 0 Å². The molecule has 14 heavy (non-hydrogen) atoms. The largest absolute Gasteiger partial charge is 0.466 e. The minimum Gasteiger partial charge on any atom is -0.466 e. The van der Waals surface area contributed by atoms with E-state index in [0.717, 1.165) is 6.42 Å². The second kappa shape index (κ2) is 5.97. The molecule has 2 heteroatoms. The van der Waals surface area contributed by atoms with Gasteiger partial charge < -0.3 is 4.74 Å². The topological polar surface area (TPSA) is 26.3 Å². The van der Waals surface area contributed by atoms with Crippen molar-refractivity contribution in [2.45, 2.75) is 12.8 Å². The summed E-state index contributed by atoms with van der Waals surface area (Å²) in [6.07, 6.45) is 3.09. The quantitative estimate of drug-likeness (QED) is 0.539. The Kier molecular flexibility index (Phi) is 3.84. The highest BCUT2D eigenvalue weighted by atomic mass is 16.5. The van der Waals surface area contributed by atoms with Gasteiger partial charge in [0.2, 0.25) is 0 Å². The summed E-state index contributed by atoms with van der Waals surface area (Å²) >= 11 is 0. The molecule has 2 nitrogen and oxygen atoms in total. The Morgan fingerprint density at radius 2 is 2.21 bits per heavy atom. The average molecular weight is 191 g/mol. The Morgan fingerprint density at radius 1 is 1.50 bits per heavy atom. The Bertz CT molecular complexity index is 344. The lowest BCUT2D eigenvalue weighted by Crippen LogP contribution is -1.93. The summed E-state index contributed by atoms with van der Waals surface area (Å²) in [5.41, 5.74) is 1.20. The molecule has 0 saturated carbocycles. The molecule has 74 valence electrons. The molecule has 0 aliphatic carbocycles. The first kappa shape index (κ1) is 9.00. The maximum atomic E-state index is 10.9. The number of methoxy groups -OCH3 is 1. The van der Waals surface area contributed by atoms with Crippen LogP contribution in [0.15, 0.2) is 42.5 Å². The van der Waals surface area contributed by atoms with Crippen LogP contribution in [0.5, 0.6) is 0 Å². The first-order chi connectivity index (χ1) is 7.24. The molecule has 0 unspecified atom stereocenters. The minimum absolute atomic E-state index is 0.0755. The van der Waals surface area contributed by atoms with Crippen LogP contribution in [0.2, 0.25) is 0 Å². The number of hydrogen-bond acceptors (Lipinski definition) is 2. The lowest BCUT2D eigenvalue weighted by molar-refractivity contribution is -0.134. The van der Waals surface area contributed by atoms with Crippen molar-refractivity contribution in [3.8, 4) is 0 Å². The third kappa shape index (κ3) is 3.90. The van der Waals surface area contributed by atoms with Gasteiger partial charge in [0.15, 0.2) is 0 Å². The fourth-order valence-corrected chi connectivity index (χ4v) is 1.10. The third-order valence-electron chi connectivity index (χ3n) is 1.83. The van der Waals surface area contributed by atoms with Gasteiger partial charge in [0.1, 0.15) is 0 Å². The molecule has 1 aromatic carbocycles. The van der Waals surface area contributed by atoms with Gasteiger partial charge in [-0.25, -0.2) is 4.79 Å². The molecule has 0 aromatic heterocycles. The van der Waals surface area contributed by atoms with Crippen molar-refractivity contribution in [2.75, 3.05) is 7.11 Å². The number of aryl methyl sites for hydroxylation is 1. The number of esters is 1. The van der Waals surface area contributed by atoms with Gasteiger partial charge in [-0.1, -0.05) is 36.4 Å². The van der Waals surface area contributed by atoms with Gasteiger partial charge in [0, 0.05) is 6.05 Å². The van der Waals surface area contributed by atoms with Crippen molar-refractivity contribution < 1.29 is 10.9 Å². The summed E-state index contributed by atoms with van der Waals surface area (Å²) in [7, 11) is 1.28. The van der Waals surface area contributed by atoms with Crippen molar-refractivity contribution in [3.63, 3.8) is 0 Å². The Labute approximate surface area is 85.6 Å². The summed E-state index contributed by atoms with van der Waals surface area (Å²) in [6, 6.07) is 9.88. The van der Waals surface area contributed by atoms with Crippen LogP contribution in [0, 0.1) is 0 Å². The van der Waals surface area contributed by atoms with Gasteiger partial charge in [-0.15, -0.1) is 0 Å². The molecule has 1 aromatic rings. The Balaban J connectivity index is 2.42. The fourth-order valence-electron chi connectivity index (χ4n) is 1.10. The van der Waals surface area contributed by atoms with E-state index >= 15 is 0 Å². The Morgan fingerprint density at radius 3 is 2.86 bits per heavy atom. The molecule has 0 spiro atoms. The number of benzene rings is 1. The SMILES string of the molecule is [2H]/C(=C\CCc1ccccc1)C(=O)OC. The van der Waals surface area contributed by atoms with Crippen LogP contribution in [-0.2, 0) is 16.0 Å². The predicted octanol–water partition coefficient (Wildman–Crippen LogP) is 2.35. The molecule has 0 N–H and O–H groups in total. The van der Waals surface area contributed by atoms with Crippen molar-refractivity contribution in [2.24, 2.45) is 0 Å². The minimum atomic E-state index is -0.580. The number of carbonyl (C=O) groups excluding carboxylic acids is 1. The van der Waals surface area contributed by atoms with Gasteiger partial charge >= 0.3 is 5.97 Å². The van der Waals surface area contributed by atoms with Gasteiger partial charge in [-0.2, -0.15) is 0 Å². The predicted molar refractivity (Wildman–Crippen MR) is 55.9 cm³/mol. The summed E-state index contributed by atoms with van der Waals surface area (Å²) in [6.45, 7) is 0. The average Bonchev–Trinajstić information content (AvgIpc) is 2.29. The first-order valence-electron chi connectivity index (χ1n) is 5.03. The van der Waals surface area contributed by atoms with Gasteiger partial charge in [-0.3, -0.25) is 0 Å². The first-order valence-corrected chi connectivity index (χ1v) is 4.53. The highest BCUT2D eigenvalue weighted by Crippen LogP contribution is 2.02. The monoisotopic (exact) mass is 191 g/mol. The highest BCUT2D eigenvalue weighted by Gasteiger charge is 1.91. The van der Waals surface area contributed by atoms with Gasteiger partial charge in [0.25, 0.3) is 0 Å². The summed E-state index contributed by atoms with van der Waals surface area (Å²) < 4.78 is 11.8. The van der Waals surface area contributed by atoms with E-state index in [4.69, 9.17) is 1.37 Å². The van der Waals surface area contributed by atoms with Crippen LogP contribution in [-0.4, -0.2) is 13.1 Å². The van der Waals surface area contributed by atoms with Crippen LogP contribution in [0.1, 0.15) is 13.4 Å². The van der Waals surface area contributed by atoms with Crippen molar-refractivity contribution in [1.82, 2.24) is 0 Å². The number of hydrogen-bond donors (Lipinski definition) is 0. The van der Waals surface area contributed by atoms with Crippen LogP contribution in [0.3, 0.4) is 0 Å². The standard InChI is InChI=1S/C12H14O2/c1-14-12(13)10-6-5-9-11-7-3-2-4-8-11/h2-4,6-8,10H,5,9H2,1H3/b10-6+/i10D. The number of carbonyl (C=O) groups is 1. The van der Waals surface area contributed by atoms with Crippen molar-refractivity contribution in [3.05, 3.63) is 48.0 Å². The third-order valence-corrected chi connectivity index (χ3v) is 1.83. The zero-order valence-corrected chi connectivity index (χ0v) is 8.19. The van der Waals surface area contributed by atoms with E-state index in [1.165, 1.54) is 12.7 Å². The van der Waals surface area contributed by atoms with E-state index in [1.807, 2.05) is 30.3 Å². The number of rotatable bonds is 4. The maximum absolute atomic E-state index is 10.9. The summed E-state index contributed by atoms with van der Waals surface area (Å²) in [5, 5.41) is 0. The lowest BCUT2D eigenvalue weighted by Gasteiger charge is -1.96. The normalized spacial score (nSPS) is 12.1. The van der Waals surface area contributed by atoms with Crippen LogP contribution < -0.4 is 0 Å². The van der Waals surface area contributed by atoms with Gasteiger partial charge in [0.05, 0.1) is 8.48 Å². The second-order valence-electron chi connectivity index (χ2n) is 2.86. The van der Waals surface area contributed by atoms with E-state index in [9.17, 15) is 4.79 Å². The highest BCUT2D eigenvalue weighted by molar-refractivity contribution is 5.81. The van der Waals surface area contributed by atoms with E-state index in [0.29, 0.717) is 6.42 Å². The maximum Gasteiger partial charge on any atom is 0.330 e. The van der Waals surface area contributed by atoms with Crippen LogP contribution in [0.25, 0.3) is 0 Å². The van der Waals surface area contributed by atoms with E-state index in [2.05, 4.69) is 4.74 Å². The second-order valence-corrected chi connectivity index (χ2v) is 2.86. The van der Waals surface area contributed by atoms with E-state index in [1.54, 1.807) is 6.08 Å². The zero-order valence-electron chi connectivity index (χ0n) is 9.19. The smallest absolute Gasteiger partial charge is 0.330 e. The molecule has 0 amide bonds. The van der Waals surface area contributed by atoms with E-state index in [-0.39, 0.29) is 6.05 Å². The molecular weight excluding hydrogens is 176 g/mol. The molecule has 0 heterocycles. The van der Waals surface area contributed by atoms with Crippen LogP contribution >= 0.6 is 0 Å². The lowest BCUT2D eigenvalue weighted by atomic mass is 10.1. The molecule has 0 saturated heterocycles. The molecule has 0 atom stereocenters. The number of ether oxygens (including phenoxy) is 1. The van der Waals surface area contributed by atoms with Crippen molar-refractivity contribution >= 4 is 5.97 Å². The zero-order chi connectivity index (χ0) is 11.1. The molecule has 1 rings (SSSR count). The van der Waals surface area contributed by atoms with Gasteiger partial charge in [-0.05, 0) is 18.4 Å². The molecule has 0 aliphatic rings. The summed E-state index contributed by atoms with van der Waals surface area (Å²) in [5.74, 6) is -0.580. The van der Waals surface area contributed by atoms with E-state index < -0.39 is 5.97 Å². The molecular formula is C12H14O2. The molecule has 0 aliphatic heterocycles. The summed E-state index contributed by atoms with van der Waals surface area (Å²) in [4.78, 5) is 10.9.